The molecule has 90 valence electrons. The number of methoxy groups -OCH3 is 1. The fourth-order valence-corrected chi connectivity index (χ4v) is 1.52. The molecule has 0 aliphatic rings. The summed E-state index contributed by atoms with van der Waals surface area (Å²) >= 11 is 0. The van der Waals surface area contributed by atoms with Crippen LogP contribution in [0.5, 0.6) is 5.75 Å². The van der Waals surface area contributed by atoms with Crippen LogP contribution in [0.1, 0.15) is 31.4 Å². The minimum atomic E-state index is 0.0543. The van der Waals surface area contributed by atoms with Gasteiger partial charge in [0, 0.05) is 31.7 Å². The molecule has 0 saturated carbocycles. The molecule has 0 spiro atoms. The van der Waals surface area contributed by atoms with Crippen LogP contribution in [0.2, 0.25) is 0 Å². The number of benzene rings is 1. The van der Waals surface area contributed by atoms with Gasteiger partial charge in [0.1, 0.15) is 5.75 Å². The van der Waals surface area contributed by atoms with E-state index in [1.165, 1.54) is 0 Å². The van der Waals surface area contributed by atoms with Crippen LogP contribution in [0.4, 0.5) is 0 Å². The molecule has 16 heavy (non-hydrogen) atoms. The molecular formula is C13H21NO2. The number of nitrogens with two attached hydrogens (primary N) is 1. The molecule has 0 aromatic heterocycles. The van der Waals surface area contributed by atoms with Crippen LogP contribution in [-0.2, 0) is 4.74 Å². The lowest BCUT2D eigenvalue weighted by Crippen LogP contribution is -2.11. The van der Waals surface area contributed by atoms with Crippen molar-refractivity contribution < 1.29 is 9.47 Å². The van der Waals surface area contributed by atoms with Gasteiger partial charge >= 0.3 is 0 Å². The van der Waals surface area contributed by atoms with E-state index in [-0.39, 0.29) is 6.04 Å². The molecule has 0 radical (unpaired) electrons. The molecule has 0 bridgehead atoms. The highest BCUT2D eigenvalue weighted by molar-refractivity contribution is 5.35. The van der Waals surface area contributed by atoms with E-state index >= 15 is 0 Å². The van der Waals surface area contributed by atoms with Gasteiger partial charge in [0.25, 0.3) is 0 Å². The predicted octanol–water partition coefficient (Wildman–Crippen LogP) is 2.51. The van der Waals surface area contributed by atoms with Crippen LogP contribution >= 0.6 is 0 Å². The minimum Gasteiger partial charge on any atom is -0.493 e. The van der Waals surface area contributed by atoms with Gasteiger partial charge in [-0.15, -0.1) is 0 Å². The maximum absolute atomic E-state index is 6.02. The lowest BCUT2D eigenvalue weighted by Gasteiger charge is -2.15. The van der Waals surface area contributed by atoms with Crippen LogP contribution in [0.25, 0.3) is 0 Å². The Morgan fingerprint density at radius 2 is 2.00 bits per heavy atom. The van der Waals surface area contributed by atoms with E-state index < -0.39 is 0 Å². The van der Waals surface area contributed by atoms with Crippen molar-refractivity contribution in [3.8, 4) is 5.75 Å². The second kappa shape index (κ2) is 7.25. The van der Waals surface area contributed by atoms with Crippen molar-refractivity contribution in [2.45, 2.75) is 25.8 Å². The topological polar surface area (TPSA) is 44.5 Å². The molecule has 0 aliphatic heterocycles. The average molecular weight is 223 g/mol. The summed E-state index contributed by atoms with van der Waals surface area (Å²) in [6, 6.07) is 8.01. The van der Waals surface area contributed by atoms with Gasteiger partial charge in [-0.3, -0.25) is 0 Å². The van der Waals surface area contributed by atoms with Gasteiger partial charge in [-0.1, -0.05) is 25.1 Å². The van der Waals surface area contributed by atoms with E-state index in [1.807, 2.05) is 24.3 Å². The Kier molecular flexibility index (Phi) is 5.90. The van der Waals surface area contributed by atoms with Gasteiger partial charge in [0.15, 0.2) is 0 Å². The Morgan fingerprint density at radius 3 is 2.69 bits per heavy atom. The van der Waals surface area contributed by atoms with Crippen molar-refractivity contribution in [1.82, 2.24) is 0 Å². The molecule has 2 N–H and O–H groups in total. The monoisotopic (exact) mass is 223 g/mol. The Bertz CT molecular complexity index is 302. The molecule has 1 aromatic rings. The Labute approximate surface area is 97.6 Å². The van der Waals surface area contributed by atoms with Crippen LogP contribution in [0, 0.1) is 0 Å². The molecule has 3 heteroatoms. The molecule has 0 unspecified atom stereocenters. The lowest BCUT2D eigenvalue weighted by atomic mass is 10.0. The quantitative estimate of drug-likeness (QED) is 0.722. The molecule has 1 rings (SSSR count). The molecule has 1 aromatic carbocycles. The first kappa shape index (κ1) is 13.0. The van der Waals surface area contributed by atoms with Gasteiger partial charge in [0.2, 0.25) is 0 Å². The lowest BCUT2D eigenvalue weighted by molar-refractivity contribution is 0.171. The summed E-state index contributed by atoms with van der Waals surface area (Å²) in [6.07, 6.45) is 1.81. The maximum atomic E-state index is 6.02. The van der Waals surface area contributed by atoms with E-state index in [9.17, 15) is 0 Å². The van der Waals surface area contributed by atoms with Crippen LogP contribution < -0.4 is 10.5 Å². The molecule has 1 atom stereocenters. The third kappa shape index (κ3) is 3.83. The Hall–Kier alpha value is -1.06. The molecule has 0 aliphatic carbocycles. The number of para-hydroxylation sites is 1. The summed E-state index contributed by atoms with van der Waals surface area (Å²) in [5.41, 5.74) is 7.11. The molecular weight excluding hydrogens is 202 g/mol. The second-order valence-corrected chi connectivity index (χ2v) is 3.75. The largest absolute Gasteiger partial charge is 0.493 e. The summed E-state index contributed by atoms with van der Waals surface area (Å²) in [6.45, 7) is 3.47. The fourth-order valence-electron chi connectivity index (χ4n) is 1.52. The predicted molar refractivity (Wildman–Crippen MR) is 65.6 cm³/mol. The normalized spacial score (nSPS) is 12.4. The molecule has 0 heterocycles. The van der Waals surface area contributed by atoms with Crippen LogP contribution in [0.3, 0.4) is 0 Å². The van der Waals surface area contributed by atoms with E-state index in [0.717, 1.165) is 30.8 Å². The molecule has 3 nitrogen and oxygen atoms in total. The van der Waals surface area contributed by atoms with Gasteiger partial charge in [-0.2, -0.15) is 0 Å². The third-order valence-electron chi connectivity index (χ3n) is 2.51. The smallest absolute Gasteiger partial charge is 0.124 e. The van der Waals surface area contributed by atoms with Crippen molar-refractivity contribution in [3.05, 3.63) is 29.8 Å². The zero-order valence-electron chi connectivity index (χ0n) is 10.1. The van der Waals surface area contributed by atoms with Crippen molar-refractivity contribution in [1.29, 1.82) is 0 Å². The summed E-state index contributed by atoms with van der Waals surface area (Å²) in [4.78, 5) is 0. The van der Waals surface area contributed by atoms with Crippen molar-refractivity contribution in [2.24, 2.45) is 5.73 Å². The van der Waals surface area contributed by atoms with Gasteiger partial charge < -0.3 is 15.2 Å². The van der Waals surface area contributed by atoms with Gasteiger partial charge in [-0.25, -0.2) is 0 Å². The van der Waals surface area contributed by atoms with Crippen molar-refractivity contribution in [2.75, 3.05) is 20.3 Å². The zero-order chi connectivity index (χ0) is 11.8. The number of ether oxygens (including phenoxy) is 2. The standard InChI is InChI=1S/C13H21NO2/c1-3-12(14)11-7-4-5-8-13(11)16-10-6-9-15-2/h4-5,7-8,12H,3,6,9-10,14H2,1-2H3/t12-/m0/s1. The van der Waals surface area contributed by atoms with Crippen molar-refractivity contribution >= 4 is 0 Å². The van der Waals surface area contributed by atoms with E-state index in [1.54, 1.807) is 7.11 Å². The first-order chi connectivity index (χ1) is 7.79. The van der Waals surface area contributed by atoms with E-state index in [2.05, 4.69) is 6.92 Å². The molecule has 0 saturated heterocycles. The summed E-state index contributed by atoms with van der Waals surface area (Å²) < 4.78 is 10.7. The first-order valence-electron chi connectivity index (χ1n) is 5.75. The summed E-state index contributed by atoms with van der Waals surface area (Å²) in [5.74, 6) is 0.896. The van der Waals surface area contributed by atoms with Crippen molar-refractivity contribution in [3.63, 3.8) is 0 Å². The number of rotatable bonds is 7. The van der Waals surface area contributed by atoms with Crippen LogP contribution in [-0.4, -0.2) is 20.3 Å². The highest BCUT2D eigenvalue weighted by Crippen LogP contribution is 2.25. The van der Waals surface area contributed by atoms with Crippen LogP contribution in [0.15, 0.2) is 24.3 Å². The highest BCUT2D eigenvalue weighted by Gasteiger charge is 2.09. The Morgan fingerprint density at radius 1 is 1.25 bits per heavy atom. The minimum absolute atomic E-state index is 0.0543. The zero-order valence-corrected chi connectivity index (χ0v) is 10.1. The van der Waals surface area contributed by atoms with E-state index in [0.29, 0.717) is 6.61 Å². The summed E-state index contributed by atoms with van der Waals surface area (Å²) in [7, 11) is 1.70. The number of hydrogen-bond acceptors (Lipinski definition) is 3. The SMILES string of the molecule is CC[C@H](N)c1ccccc1OCCCOC. The summed E-state index contributed by atoms with van der Waals surface area (Å²) in [5, 5.41) is 0. The second-order valence-electron chi connectivity index (χ2n) is 3.75. The number of hydrogen-bond donors (Lipinski definition) is 1. The third-order valence-corrected chi connectivity index (χ3v) is 2.51. The molecule has 0 fully saturated rings. The molecule has 0 amide bonds. The first-order valence-corrected chi connectivity index (χ1v) is 5.75. The van der Waals surface area contributed by atoms with Gasteiger partial charge in [-0.05, 0) is 12.5 Å². The van der Waals surface area contributed by atoms with Gasteiger partial charge in [0.05, 0.1) is 6.61 Å². The van der Waals surface area contributed by atoms with E-state index in [4.69, 9.17) is 15.2 Å². The highest BCUT2D eigenvalue weighted by atomic mass is 16.5. The maximum Gasteiger partial charge on any atom is 0.124 e. The average Bonchev–Trinajstić information content (AvgIpc) is 2.34. The Balaban J connectivity index is 2.57. The fraction of sp³-hybridized carbons (Fsp3) is 0.538.